The minimum Gasteiger partial charge on any atom is -0.383 e. The van der Waals surface area contributed by atoms with Gasteiger partial charge in [-0.1, -0.05) is 0 Å². The lowest BCUT2D eigenvalue weighted by Crippen LogP contribution is -2.53. The topological polar surface area (TPSA) is 45.7 Å². The van der Waals surface area contributed by atoms with E-state index in [1.165, 1.54) is 0 Å². The van der Waals surface area contributed by atoms with Gasteiger partial charge in [0.2, 0.25) is 5.91 Å². The largest absolute Gasteiger partial charge is 0.383 e. The highest BCUT2D eigenvalue weighted by atomic mass is 32.1. The number of amides is 1. The number of hydrogen-bond acceptors (Lipinski definition) is 5. The Morgan fingerprint density at radius 1 is 1.36 bits per heavy atom. The van der Waals surface area contributed by atoms with Crippen molar-refractivity contribution in [3.8, 4) is 0 Å². The van der Waals surface area contributed by atoms with Crippen molar-refractivity contribution >= 4 is 17.2 Å². The summed E-state index contributed by atoms with van der Waals surface area (Å²) in [6.07, 6.45) is 3.85. The van der Waals surface area contributed by atoms with Gasteiger partial charge in [-0.2, -0.15) is 0 Å². The number of carbonyl (C=O) groups is 1. The fourth-order valence-electron chi connectivity index (χ4n) is 3.71. The maximum absolute atomic E-state index is 12.4. The number of methoxy groups -OCH3 is 1. The van der Waals surface area contributed by atoms with E-state index < -0.39 is 0 Å². The number of hydrogen-bond donors (Lipinski definition) is 0. The summed E-state index contributed by atoms with van der Waals surface area (Å²) in [6, 6.07) is 0. The smallest absolute Gasteiger partial charge is 0.223 e. The quantitative estimate of drug-likeness (QED) is 0.832. The van der Waals surface area contributed by atoms with E-state index in [-0.39, 0.29) is 5.54 Å². The summed E-state index contributed by atoms with van der Waals surface area (Å²) in [7, 11) is 1.75. The molecule has 0 atom stereocenters. The molecule has 22 heavy (non-hydrogen) atoms. The standard InChI is InChI=1S/C16H25N3O2S/c1-13-17-14(12-22-13)11-19-15(20)3-4-16(19)5-7-18(8-6-16)9-10-21-2/h12H,3-11H2,1-2H3. The normalized spacial score (nSPS) is 21.9. The molecular formula is C16H25N3O2S. The molecular weight excluding hydrogens is 298 g/mol. The van der Waals surface area contributed by atoms with Gasteiger partial charge >= 0.3 is 0 Å². The summed E-state index contributed by atoms with van der Waals surface area (Å²) < 4.78 is 5.17. The van der Waals surface area contributed by atoms with Crippen molar-refractivity contribution in [2.45, 2.75) is 44.7 Å². The first-order valence-electron chi connectivity index (χ1n) is 8.06. The monoisotopic (exact) mass is 323 g/mol. The first-order chi connectivity index (χ1) is 10.6. The number of rotatable bonds is 5. The average molecular weight is 323 g/mol. The van der Waals surface area contributed by atoms with Gasteiger partial charge < -0.3 is 14.5 Å². The third kappa shape index (κ3) is 3.19. The highest BCUT2D eigenvalue weighted by Gasteiger charge is 2.46. The lowest BCUT2D eigenvalue weighted by Gasteiger charge is -2.44. The molecule has 2 aliphatic heterocycles. The summed E-state index contributed by atoms with van der Waals surface area (Å²) in [4.78, 5) is 21.5. The van der Waals surface area contributed by atoms with E-state index in [1.807, 2.05) is 6.92 Å². The Morgan fingerprint density at radius 2 is 2.14 bits per heavy atom. The lowest BCUT2D eigenvalue weighted by molar-refractivity contribution is -0.133. The zero-order chi connectivity index (χ0) is 15.6. The zero-order valence-corrected chi connectivity index (χ0v) is 14.3. The van der Waals surface area contributed by atoms with Crippen LogP contribution >= 0.6 is 11.3 Å². The van der Waals surface area contributed by atoms with Crippen LogP contribution in [0.3, 0.4) is 0 Å². The number of nitrogens with zero attached hydrogens (tertiary/aromatic N) is 3. The molecule has 1 spiro atoms. The Balaban J connectivity index is 1.66. The van der Waals surface area contributed by atoms with E-state index >= 15 is 0 Å². The van der Waals surface area contributed by atoms with Crippen LogP contribution in [-0.4, -0.2) is 59.6 Å². The maximum Gasteiger partial charge on any atom is 0.223 e. The molecule has 2 fully saturated rings. The second kappa shape index (κ2) is 6.64. The summed E-state index contributed by atoms with van der Waals surface area (Å²) in [5.41, 5.74) is 1.11. The number of ether oxygens (including phenoxy) is 1. The minimum absolute atomic E-state index is 0.0676. The van der Waals surface area contributed by atoms with E-state index in [2.05, 4.69) is 20.2 Å². The van der Waals surface area contributed by atoms with Gasteiger partial charge in [0.25, 0.3) is 0 Å². The highest BCUT2D eigenvalue weighted by molar-refractivity contribution is 7.09. The van der Waals surface area contributed by atoms with E-state index in [0.717, 1.165) is 56.2 Å². The molecule has 2 aliphatic rings. The van der Waals surface area contributed by atoms with Crippen LogP contribution in [0.4, 0.5) is 0 Å². The van der Waals surface area contributed by atoms with Crippen LogP contribution in [0.5, 0.6) is 0 Å². The van der Waals surface area contributed by atoms with Crippen molar-refractivity contribution in [1.82, 2.24) is 14.8 Å². The van der Waals surface area contributed by atoms with E-state index in [9.17, 15) is 4.79 Å². The first-order valence-corrected chi connectivity index (χ1v) is 8.94. The molecule has 0 saturated carbocycles. The van der Waals surface area contributed by atoms with Gasteiger partial charge in [-0.3, -0.25) is 4.79 Å². The van der Waals surface area contributed by atoms with Crippen LogP contribution in [0.15, 0.2) is 5.38 Å². The van der Waals surface area contributed by atoms with Gasteiger partial charge in [0.1, 0.15) is 0 Å². The van der Waals surface area contributed by atoms with Crippen molar-refractivity contribution < 1.29 is 9.53 Å². The molecule has 0 N–H and O–H groups in total. The van der Waals surface area contributed by atoms with Crippen LogP contribution in [0, 0.1) is 6.92 Å². The molecule has 3 heterocycles. The van der Waals surface area contributed by atoms with Gasteiger partial charge in [-0.05, 0) is 26.2 Å². The molecule has 1 aromatic rings. The maximum atomic E-state index is 12.4. The van der Waals surface area contributed by atoms with E-state index in [4.69, 9.17) is 4.74 Å². The van der Waals surface area contributed by atoms with Gasteiger partial charge in [-0.25, -0.2) is 4.98 Å². The van der Waals surface area contributed by atoms with Gasteiger partial charge in [0.05, 0.1) is 23.9 Å². The third-order valence-corrected chi connectivity index (χ3v) is 5.89. The predicted octanol–water partition coefficient (Wildman–Crippen LogP) is 2.05. The minimum atomic E-state index is 0.0676. The Bertz CT molecular complexity index is 523. The number of carbonyl (C=O) groups excluding carboxylic acids is 1. The average Bonchev–Trinajstić information content (AvgIpc) is 3.06. The molecule has 2 saturated heterocycles. The number of aryl methyl sites for hydroxylation is 1. The van der Waals surface area contributed by atoms with Gasteiger partial charge in [0, 0.05) is 44.1 Å². The number of likely N-dealkylation sites (tertiary alicyclic amines) is 2. The molecule has 0 unspecified atom stereocenters. The molecule has 3 rings (SSSR count). The SMILES string of the molecule is COCCN1CCC2(CCC(=O)N2Cc2csc(C)n2)CC1. The first kappa shape index (κ1) is 15.9. The molecule has 1 aromatic heterocycles. The second-order valence-electron chi connectivity index (χ2n) is 6.40. The van der Waals surface area contributed by atoms with Gasteiger partial charge in [0.15, 0.2) is 0 Å². The zero-order valence-electron chi connectivity index (χ0n) is 13.5. The van der Waals surface area contributed by atoms with Crippen LogP contribution in [0.25, 0.3) is 0 Å². The Morgan fingerprint density at radius 3 is 2.77 bits per heavy atom. The predicted molar refractivity (Wildman–Crippen MR) is 86.9 cm³/mol. The molecule has 6 heteroatoms. The number of aromatic nitrogens is 1. The van der Waals surface area contributed by atoms with E-state index in [0.29, 0.717) is 18.9 Å². The second-order valence-corrected chi connectivity index (χ2v) is 7.46. The number of piperidine rings is 1. The summed E-state index contributed by atoms with van der Waals surface area (Å²) >= 11 is 1.66. The lowest BCUT2D eigenvalue weighted by atomic mass is 9.85. The van der Waals surface area contributed by atoms with Gasteiger partial charge in [-0.15, -0.1) is 11.3 Å². The fourth-order valence-corrected chi connectivity index (χ4v) is 4.31. The molecule has 1 amide bonds. The van der Waals surface area contributed by atoms with Crippen molar-refractivity contribution in [2.24, 2.45) is 0 Å². The van der Waals surface area contributed by atoms with Crippen LogP contribution in [0.1, 0.15) is 36.4 Å². The van der Waals surface area contributed by atoms with E-state index in [1.54, 1.807) is 18.4 Å². The summed E-state index contributed by atoms with van der Waals surface area (Å²) in [5, 5.41) is 3.16. The van der Waals surface area contributed by atoms with Crippen molar-refractivity contribution in [3.63, 3.8) is 0 Å². The van der Waals surface area contributed by atoms with Crippen LogP contribution in [-0.2, 0) is 16.1 Å². The molecule has 0 radical (unpaired) electrons. The van der Waals surface area contributed by atoms with Crippen LogP contribution in [0.2, 0.25) is 0 Å². The Kier molecular flexibility index (Phi) is 4.80. The highest BCUT2D eigenvalue weighted by Crippen LogP contribution is 2.40. The Labute approximate surface area is 136 Å². The van der Waals surface area contributed by atoms with Crippen molar-refractivity contribution in [1.29, 1.82) is 0 Å². The Hall–Kier alpha value is -0.980. The summed E-state index contributed by atoms with van der Waals surface area (Å²) in [6.45, 7) is 6.59. The molecule has 122 valence electrons. The molecule has 5 nitrogen and oxygen atoms in total. The molecule has 0 aromatic carbocycles. The molecule has 0 bridgehead atoms. The van der Waals surface area contributed by atoms with Crippen LogP contribution < -0.4 is 0 Å². The van der Waals surface area contributed by atoms with Crippen molar-refractivity contribution in [3.05, 3.63) is 16.1 Å². The van der Waals surface area contributed by atoms with Crippen molar-refractivity contribution in [2.75, 3.05) is 33.4 Å². The molecule has 0 aliphatic carbocycles. The summed E-state index contributed by atoms with van der Waals surface area (Å²) in [5.74, 6) is 0.302. The number of thiazole rings is 1. The third-order valence-electron chi connectivity index (χ3n) is 5.06. The fraction of sp³-hybridized carbons (Fsp3) is 0.750.